The molecule has 2 aromatic rings. The molecule has 0 bridgehead atoms. The Morgan fingerprint density at radius 1 is 0.964 bits per heavy atom. The third-order valence-corrected chi connectivity index (χ3v) is 7.12. The highest BCUT2D eigenvalue weighted by atomic mass is 32.2. The van der Waals surface area contributed by atoms with Crippen LogP contribution in [0.25, 0.3) is 0 Å². The smallest absolute Gasteiger partial charge is 0.113 e. The molecule has 1 unspecified atom stereocenters. The van der Waals surface area contributed by atoms with Gasteiger partial charge in [0.25, 0.3) is 0 Å². The largest absolute Gasteiger partial charge is 0.394 e. The number of thioether (sulfide) groups is 1. The Hall–Kier alpha value is -1.41. The van der Waals surface area contributed by atoms with Crippen molar-refractivity contribution in [1.29, 1.82) is 0 Å². The molecule has 150 valence electrons. The van der Waals surface area contributed by atoms with Gasteiger partial charge < -0.3 is 25.2 Å². The summed E-state index contributed by atoms with van der Waals surface area (Å²) in [4.78, 5) is 1.21. The highest BCUT2D eigenvalue weighted by Crippen LogP contribution is 2.47. The molecule has 0 spiro atoms. The van der Waals surface area contributed by atoms with Crippen LogP contribution >= 0.6 is 11.8 Å². The standard InChI is InChI=1S/C22H26O5S/c1-2-12-3-5-13(6-4-12)18-10-15-9-14(7-8-17(15)28-18)22-21(26)20(25)19(24)16(11-23)27-22/h3-9,16,18-26H,2,10-11H2,1H3/t16-,18?,19-,20+,21-,22+/m1/s1. The summed E-state index contributed by atoms with van der Waals surface area (Å²) in [7, 11) is 0. The van der Waals surface area contributed by atoms with Crippen molar-refractivity contribution in [3.05, 3.63) is 64.7 Å². The van der Waals surface area contributed by atoms with Gasteiger partial charge >= 0.3 is 0 Å². The highest BCUT2D eigenvalue weighted by molar-refractivity contribution is 7.99. The van der Waals surface area contributed by atoms with E-state index in [2.05, 4.69) is 31.2 Å². The van der Waals surface area contributed by atoms with Crippen molar-refractivity contribution < 1.29 is 25.2 Å². The second kappa shape index (κ2) is 8.14. The number of rotatable bonds is 4. The van der Waals surface area contributed by atoms with Gasteiger partial charge in [0.2, 0.25) is 0 Å². The lowest BCUT2D eigenvalue weighted by Gasteiger charge is -2.40. The summed E-state index contributed by atoms with van der Waals surface area (Å²) in [6.07, 6.45) is -3.70. The van der Waals surface area contributed by atoms with Crippen LogP contribution in [0.5, 0.6) is 0 Å². The number of fused-ring (bicyclic) bond motifs is 1. The number of hydrogen-bond acceptors (Lipinski definition) is 6. The molecule has 2 aliphatic rings. The minimum atomic E-state index is -1.36. The van der Waals surface area contributed by atoms with Gasteiger partial charge in [-0.2, -0.15) is 0 Å². The summed E-state index contributed by atoms with van der Waals surface area (Å²) < 4.78 is 5.70. The van der Waals surface area contributed by atoms with Crippen molar-refractivity contribution in [1.82, 2.24) is 0 Å². The Labute approximate surface area is 169 Å². The van der Waals surface area contributed by atoms with Crippen LogP contribution in [0.4, 0.5) is 0 Å². The summed E-state index contributed by atoms with van der Waals surface area (Å²) in [5.41, 5.74) is 4.56. The molecule has 4 rings (SSSR count). The Morgan fingerprint density at radius 2 is 1.68 bits per heavy atom. The summed E-state index contributed by atoms with van der Waals surface area (Å²) in [6, 6.07) is 14.7. The lowest BCUT2D eigenvalue weighted by atomic mass is 9.90. The number of aryl methyl sites for hydroxylation is 1. The van der Waals surface area contributed by atoms with E-state index in [0.717, 1.165) is 18.4 Å². The lowest BCUT2D eigenvalue weighted by Crippen LogP contribution is -2.55. The molecule has 0 radical (unpaired) electrons. The van der Waals surface area contributed by atoms with Crippen molar-refractivity contribution in [2.24, 2.45) is 0 Å². The van der Waals surface area contributed by atoms with Gasteiger partial charge in [0, 0.05) is 10.1 Å². The number of ether oxygens (including phenoxy) is 1. The first-order valence-corrected chi connectivity index (χ1v) is 10.6. The average Bonchev–Trinajstić information content (AvgIpc) is 3.16. The minimum absolute atomic E-state index is 0.353. The molecule has 2 aliphatic heterocycles. The van der Waals surface area contributed by atoms with Gasteiger partial charge in [0.1, 0.15) is 30.5 Å². The topological polar surface area (TPSA) is 90.2 Å². The van der Waals surface area contributed by atoms with Crippen LogP contribution in [0.1, 0.15) is 40.5 Å². The molecule has 6 atom stereocenters. The van der Waals surface area contributed by atoms with E-state index in [9.17, 15) is 20.4 Å². The maximum Gasteiger partial charge on any atom is 0.113 e. The quantitative estimate of drug-likeness (QED) is 0.627. The summed E-state index contributed by atoms with van der Waals surface area (Å²) >= 11 is 1.83. The molecule has 0 aliphatic carbocycles. The Morgan fingerprint density at radius 3 is 2.36 bits per heavy atom. The molecule has 28 heavy (non-hydrogen) atoms. The van der Waals surface area contributed by atoms with Crippen molar-refractivity contribution in [2.75, 3.05) is 6.61 Å². The summed E-state index contributed by atoms with van der Waals surface area (Å²) in [5.74, 6) is 0. The first-order valence-electron chi connectivity index (χ1n) is 9.70. The van der Waals surface area contributed by atoms with Gasteiger partial charge in [-0.15, -0.1) is 11.8 Å². The molecule has 2 aromatic carbocycles. The van der Waals surface area contributed by atoms with Crippen molar-refractivity contribution in [2.45, 2.75) is 60.4 Å². The molecular weight excluding hydrogens is 376 g/mol. The summed E-state index contributed by atoms with van der Waals surface area (Å²) in [6.45, 7) is 1.73. The van der Waals surface area contributed by atoms with E-state index < -0.39 is 37.1 Å². The fourth-order valence-electron chi connectivity index (χ4n) is 3.98. The van der Waals surface area contributed by atoms with E-state index in [1.54, 1.807) is 0 Å². The van der Waals surface area contributed by atoms with Gasteiger partial charge in [-0.1, -0.05) is 43.3 Å². The van der Waals surface area contributed by atoms with E-state index in [0.29, 0.717) is 5.25 Å². The van der Waals surface area contributed by atoms with Gasteiger partial charge in [-0.3, -0.25) is 0 Å². The number of hydrogen-bond donors (Lipinski definition) is 4. The molecule has 0 amide bonds. The van der Waals surface area contributed by atoms with Crippen LogP contribution in [0.15, 0.2) is 47.4 Å². The monoisotopic (exact) mass is 402 g/mol. The minimum Gasteiger partial charge on any atom is -0.394 e. The Kier molecular flexibility index (Phi) is 5.78. The third-order valence-electron chi connectivity index (χ3n) is 5.74. The van der Waals surface area contributed by atoms with Gasteiger partial charge in [-0.05, 0) is 41.2 Å². The second-order valence-corrected chi connectivity index (χ2v) is 8.77. The average molecular weight is 403 g/mol. The molecule has 0 aromatic heterocycles. The SMILES string of the molecule is CCc1ccc(C2Cc3cc([C@@H]4O[C@H](CO)[C@@H](O)[C@H](O)[C@H]4O)ccc3S2)cc1. The molecule has 4 N–H and O–H groups in total. The van der Waals surface area contributed by atoms with Gasteiger partial charge in [-0.25, -0.2) is 0 Å². The zero-order chi connectivity index (χ0) is 19.8. The van der Waals surface area contributed by atoms with Gasteiger partial charge in [0.15, 0.2) is 0 Å². The van der Waals surface area contributed by atoms with Crippen molar-refractivity contribution in [3.63, 3.8) is 0 Å². The summed E-state index contributed by atoms with van der Waals surface area (Å²) in [5, 5.41) is 40.2. The molecule has 2 heterocycles. The number of aliphatic hydroxyl groups is 4. The molecular formula is C22H26O5S. The zero-order valence-corrected chi connectivity index (χ0v) is 16.5. The van der Waals surface area contributed by atoms with Crippen LogP contribution in [0, 0.1) is 0 Å². The number of aliphatic hydroxyl groups excluding tert-OH is 4. The van der Waals surface area contributed by atoms with E-state index in [1.165, 1.54) is 21.6 Å². The molecule has 1 fully saturated rings. The first kappa shape index (κ1) is 19.9. The van der Waals surface area contributed by atoms with E-state index in [4.69, 9.17) is 4.74 Å². The van der Waals surface area contributed by atoms with Crippen LogP contribution in [0.3, 0.4) is 0 Å². The number of benzene rings is 2. The van der Waals surface area contributed by atoms with Crippen molar-refractivity contribution >= 4 is 11.8 Å². The molecule has 5 nitrogen and oxygen atoms in total. The van der Waals surface area contributed by atoms with E-state index in [1.807, 2.05) is 30.0 Å². The maximum atomic E-state index is 10.4. The zero-order valence-electron chi connectivity index (χ0n) is 15.7. The fraction of sp³-hybridized carbons (Fsp3) is 0.455. The highest BCUT2D eigenvalue weighted by Gasteiger charge is 2.44. The molecule has 0 saturated carbocycles. The Balaban J connectivity index is 1.54. The fourth-order valence-corrected chi connectivity index (χ4v) is 5.28. The van der Waals surface area contributed by atoms with Crippen LogP contribution in [-0.4, -0.2) is 51.4 Å². The van der Waals surface area contributed by atoms with E-state index >= 15 is 0 Å². The third kappa shape index (κ3) is 3.61. The molecule has 1 saturated heterocycles. The van der Waals surface area contributed by atoms with Crippen LogP contribution < -0.4 is 0 Å². The molecule has 6 heteroatoms. The van der Waals surface area contributed by atoms with Crippen molar-refractivity contribution in [3.8, 4) is 0 Å². The lowest BCUT2D eigenvalue weighted by molar-refractivity contribution is -0.231. The predicted octanol–water partition coefficient (Wildman–Crippen LogP) is 2.15. The first-order chi connectivity index (χ1) is 13.5. The predicted molar refractivity (Wildman–Crippen MR) is 107 cm³/mol. The van der Waals surface area contributed by atoms with E-state index in [-0.39, 0.29) is 0 Å². The van der Waals surface area contributed by atoms with Crippen LogP contribution in [-0.2, 0) is 17.6 Å². The van der Waals surface area contributed by atoms with Gasteiger partial charge in [0.05, 0.1) is 6.61 Å². The second-order valence-electron chi connectivity index (χ2n) is 7.52. The van der Waals surface area contributed by atoms with Crippen LogP contribution in [0.2, 0.25) is 0 Å². The maximum absolute atomic E-state index is 10.4. The Bertz CT molecular complexity index is 822. The normalized spacial score (nSPS) is 32.3.